The van der Waals surface area contributed by atoms with Crippen LogP contribution in [0.4, 0.5) is 0 Å². The molecule has 15 heavy (non-hydrogen) atoms. The van der Waals surface area contributed by atoms with Gasteiger partial charge in [-0.25, -0.2) is 0 Å². The third-order valence-corrected chi connectivity index (χ3v) is 3.61. The summed E-state index contributed by atoms with van der Waals surface area (Å²) in [5, 5.41) is 3.61. The minimum Gasteiger partial charge on any atom is -0.307 e. The van der Waals surface area contributed by atoms with Crippen LogP contribution in [-0.2, 0) is 0 Å². The Morgan fingerprint density at radius 3 is 2.20 bits per heavy atom. The first-order chi connectivity index (χ1) is 7.02. The Morgan fingerprint density at radius 2 is 1.67 bits per heavy atom. The highest BCUT2D eigenvalue weighted by molar-refractivity contribution is 9.10. The maximum Gasteiger partial charge on any atom is 0.0305 e. The van der Waals surface area contributed by atoms with Crippen LogP contribution in [0, 0.1) is 5.92 Å². The van der Waals surface area contributed by atoms with Crippen LogP contribution in [0.5, 0.6) is 0 Å². The molecule has 1 N–H and O–H groups in total. The molecule has 0 heterocycles. The molecule has 0 fully saturated rings. The second-order valence-corrected chi connectivity index (χ2v) is 5.30. The fourth-order valence-electron chi connectivity index (χ4n) is 1.50. The van der Waals surface area contributed by atoms with Crippen molar-refractivity contribution in [2.24, 2.45) is 5.92 Å². The molecule has 1 rings (SSSR count). The average molecular weight is 270 g/mol. The van der Waals surface area contributed by atoms with E-state index in [2.05, 4.69) is 67.1 Å². The van der Waals surface area contributed by atoms with Crippen LogP contribution in [0.25, 0.3) is 0 Å². The van der Waals surface area contributed by atoms with Gasteiger partial charge in [-0.3, -0.25) is 0 Å². The topological polar surface area (TPSA) is 12.0 Å². The first-order valence-corrected chi connectivity index (χ1v) is 6.32. The van der Waals surface area contributed by atoms with Crippen molar-refractivity contribution >= 4 is 15.9 Å². The van der Waals surface area contributed by atoms with Gasteiger partial charge in [-0.05, 0) is 31.4 Å². The predicted molar refractivity (Wildman–Crippen MR) is 70.0 cm³/mol. The zero-order valence-electron chi connectivity index (χ0n) is 9.92. The van der Waals surface area contributed by atoms with E-state index >= 15 is 0 Å². The number of hydrogen-bond acceptors (Lipinski definition) is 1. The van der Waals surface area contributed by atoms with Gasteiger partial charge in [0.15, 0.2) is 0 Å². The van der Waals surface area contributed by atoms with E-state index < -0.39 is 0 Å². The molecule has 0 aromatic heterocycles. The van der Waals surface area contributed by atoms with Gasteiger partial charge in [-0.2, -0.15) is 0 Å². The monoisotopic (exact) mass is 269 g/mol. The summed E-state index contributed by atoms with van der Waals surface area (Å²) < 4.78 is 1.18. The second-order valence-electron chi connectivity index (χ2n) is 4.44. The maximum atomic E-state index is 3.61. The fraction of sp³-hybridized carbons (Fsp3) is 0.538. The molecule has 0 saturated carbocycles. The SMILES string of the molecule is CC(NC(C)C(C)C)c1ccccc1Br. The Labute approximate surface area is 101 Å². The Balaban J connectivity index is 2.69. The van der Waals surface area contributed by atoms with Crippen molar-refractivity contribution in [2.75, 3.05) is 0 Å². The normalized spacial score (nSPS) is 15.3. The van der Waals surface area contributed by atoms with Crippen molar-refractivity contribution in [3.05, 3.63) is 34.3 Å². The fourth-order valence-corrected chi connectivity index (χ4v) is 2.13. The second kappa shape index (κ2) is 5.66. The van der Waals surface area contributed by atoms with Gasteiger partial charge in [0.25, 0.3) is 0 Å². The minimum absolute atomic E-state index is 0.387. The molecule has 0 aliphatic rings. The highest BCUT2D eigenvalue weighted by Gasteiger charge is 2.13. The Bertz CT molecular complexity index is 309. The summed E-state index contributed by atoms with van der Waals surface area (Å²) in [6, 6.07) is 9.30. The predicted octanol–water partition coefficient (Wildman–Crippen LogP) is 4.14. The van der Waals surface area contributed by atoms with Crippen LogP contribution in [0.2, 0.25) is 0 Å². The molecule has 2 unspecified atom stereocenters. The van der Waals surface area contributed by atoms with Gasteiger partial charge >= 0.3 is 0 Å². The summed E-state index contributed by atoms with van der Waals surface area (Å²) in [5.74, 6) is 0.662. The quantitative estimate of drug-likeness (QED) is 0.866. The largest absolute Gasteiger partial charge is 0.307 e. The van der Waals surface area contributed by atoms with Crippen molar-refractivity contribution in [3.63, 3.8) is 0 Å². The number of benzene rings is 1. The van der Waals surface area contributed by atoms with Crippen LogP contribution >= 0.6 is 15.9 Å². The first-order valence-electron chi connectivity index (χ1n) is 5.53. The summed E-state index contributed by atoms with van der Waals surface area (Å²) in [7, 11) is 0. The average Bonchev–Trinajstić information content (AvgIpc) is 2.18. The number of hydrogen-bond donors (Lipinski definition) is 1. The molecule has 2 atom stereocenters. The molecule has 0 radical (unpaired) electrons. The minimum atomic E-state index is 0.387. The Kier molecular flexibility index (Phi) is 4.81. The molecule has 2 heteroatoms. The molecule has 1 nitrogen and oxygen atoms in total. The van der Waals surface area contributed by atoms with E-state index in [0.717, 1.165) is 0 Å². The van der Waals surface area contributed by atoms with Gasteiger partial charge in [0, 0.05) is 16.6 Å². The van der Waals surface area contributed by atoms with Crippen LogP contribution in [-0.4, -0.2) is 6.04 Å². The van der Waals surface area contributed by atoms with E-state index in [1.54, 1.807) is 0 Å². The summed E-state index contributed by atoms with van der Waals surface area (Å²) >= 11 is 3.58. The lowest BCUT2D eigenvalue weighted by molar-refractivity contribution is 0.388. The summed E-state index contributed by atoms with van der Waals surface area (Å²) in [6.45, 7) is 8.92. The van der Waals surface area contributed by atoms with Crippen LogP contribution < -0.4 is 5.32 Å². The summed E-state index contributed by atoms with van der Waals surface area (Å²) in [4.78, 5) is 0. The smallest absolute Gasteiger partial charge is 0.0305 e. The van der Waals surface area contributed by atoms with Crippen molar-refractivity contribution in [3.8, 4) is 0 Å². The number of rotatable bonds is 4. The number of nitrogens with one attached hydrogen (secondary N) is 1. The Hall–Kier alpha value is -0.340. The van der Waals surface area contributed by atoms with Gasteiger partial charge in [0.2, 0.25) is 0 Å². The van der Waals surface area contributed by atoms with Crippen molar-refractivity contribution < 1.29 is 0 Å². The standard InChI is InChI=1S/C13H20BrN/c1-9(2)10(3)15-11(4)12-7-5-6-8-13(12)14/h5-11,15H,1-4H3. The van der Waals surface area contributed by atoms with Gasteiger partial charge in [-0.15, -0.1) is 0 Å². The summed E-state index contributed by atoms with van der Waals surface area (Å²) in [6.07, 6.45) is 0. The van der Waals surface area contributed by atoms with E-state index in [-0.39, 0.29) is 0 Å². The third-order valence-electron chi connectivity index (χ3n) is 2.88. The van der Waals surface area contributed by atoms with E-state index in [0.29, 0.717) is 18.0 Å². The van der Waals surface area contributed by atoms with Gasteiger partial charge in [0.1, 0.15) is 0 Å². The maximum absolute atomic E-state index is 3.61. The van der Waals surface area contributed by atoms with E-state index in [4.69, 9.17) is 0 Å². The molecule has 0 saturated heterocycles. The third kappa shape index (κ3) is 3.62. The van der Waals surface area contributed by atoms with E-state index in [1.165, 1.54) is 10.0 Å². The molecule has 0 bridgehead atoms. The molecule has 0 amide bonds. The lowest BCUT2D eigenvalue weighted by Gasteiger charge is -2.23. The van der Waals surface area contributed by atoms with Crippen molar-refractivity contribution in [2.45, 2.75) is 39.8 Å². The highest BCUT2D eigenvalue weighted by Crippen LogP contribution is 2.23. The lowest BCUT2D eigenvalue weighted by Crippen LogP contribution is -2.33. The molecule has 0 spiro atoms. The van der Waals surface area contributed by atoms with Crippen LogP contribution in [0.3, 0.4) is 0 Å². The highest BCUT2D eigenvalue weighted by atomic mass is 79.9. The molecule has 1 aromatic carbocycles. The van der Waals surface area contributed by atoms with E-state index in [1.807, 2.05) is 6.07 Å². The number of halogens is 1. The molecule has 84 valence electrons. The molecular formula is C13H20BrN. The molecule has 0 aliphatic carbocycles. The molecule has 0 aliphatic heterocycles. The zero-order chi connectivity index (χ0) is 11.4. The molecular weight excluding hydrogens is 250 g/mol. The van der Waals surface area contributed by atoms with Gasteiger partial charge < -0.3 is 5.32 Å². The van der Waals surface area contributed by atoms with Gasteiger partial charge in [-0.1, -0.05) is 48.0 Å². The van der Waals surface area contributed by atoms with Crippen molar-refractivity contribution in [1.82, 2.24) is 5.32 Å². The Morgan fingerprint density at radius 1 is 1.07 bits per heavy atom. The zero-order valence-corrected chi connectivity index (χ0v) is 11.5. The first kappa shape index (κ1) is 12.7. The lowest BCUT2D eigenvalue weighted by atomic mass is 10.0. The van der Waals surface area contributed by atoms with Crippen LogP contribution in [0.1, 0.15) is 39.3 Å². The van der Waals surface area contributed by atoms with Crippen LogP contribution in [0.15, 0.2) is 28.7 Å². The summed E-state index contributed by atoms with van der Waals surface area (Å²) in [5.41, 5.74) is 1.32. The van der Waals surface area contributed by atoms with Gasteiger partial charge in [0.05, 0.1) is 0 Å². The van der Waals surface area contributed by atoms with Crippen molar-refractivity contribution in [1.29, 1.82) is 0 Å². The van der Waals surface area contributed by atoms with E-state index in [9.17, 15) is 0 Å². The molecule has 1 aromatic rings.